The lowest BCUT2D eigenvalue weighted by atomic mass is 9.70. The molecule has 0 radical (unpaired) electrons. The van der Waals surface area contributed by atoms with Gasteiger partial charge in [-0.25, -0.2) is 0 Å². The first-order chi connectivity index (χ1) is 8.38. The molecule has 0 spiro atoms. The van der Waals surface area contributed by atoms with Crippen LogP contribution in [0, 0.1) is 11.3 Å². The molecule has 4 nitrogen and oxygen atoms in total. The van der Waals surface area contributed by atoms with E-state index in [1.54, 1.807) is 0 Å². The van der Waals surface area contributed by atoms with Crippen LogP contribution in [-0.4, -0.2) is 15.9 Å². The molecule has 1 saturated carbocycles. The van der Waals surface area contributed by atoms with Crippen molar-refractivity contribution >= 4 is 5.78 Å². The number of aromatic nitrogens is 2. The van der Waals surface area contributed by atoms with Crippen molar-refractivity contribution in [1.82, 2.24) is 10.1 Å². The molecule has 1 aromatic rings. The van der Waals surface area contributed by atoms with Gasteiger partial charge in [-0.15, -0.1) is 0 Å². The average Bonchev–Trinajstić information content (AvgIpc) is 2.77. The fraction of sp³-hybridized carbons (Fsp3) is 0.786. The summed E-state index contributed by atoms with van der Waals surface area (Å²) in [5.41, 5.74) is 0.382. The van der Waals surface area contributed by atoms with E-state index >= 15 is 0 Å². The molecule has 2 rings (SSSR count). The van der Waals surface area contributed by atoms with Gasteiger partial charge in [0.25, 0.3) is 5.89 Å². The van der Waals surface area contributed by atoms with Crippen LogP contribution in [0.1, 0.15) is 75.8 Å². The fourth-order valence-electron chi connectivity index (χ4n) is 2.76. The average molecular weight is 250 g/mol. The zero-order chi connectivity index (χ0) is 13.3. The maximum atomic E-state index is 11.1. The van der Waals surface area contributed by atoms with Crippen molar-refractivity contribution in [3.05, 3.63) is 11.7 Å². The van der Waals surface area contributed by atoms with E-state index in [9.17, 15) is 4.79 Å². The lowest BCUT2D eigenvalue weighted by Gasteiger charge is -2.36. The SMILES string of the molecule is CC(=O)c1nc(C2CCC(C(C)(C)C)CC2)no1. The number of nitrogens with zero attached hydrogens (tertiary/aromatic N) is 2. The van der Waals surface area contributed by atoms with Crippen molar-refractivity contribution in [3.63, 3.8) is 0 Å². The van der Waals surface area contributed by atoms with Crippen molar-refractivity contribution in [2.24, 2.45) is 11.3 Å². The van der Waals surface area contributed by atoms with Gasteiger partial charge in [-0.05, 0) is 37.0 Å². The Bertz CT molecular complexity index is 423. The van der Waals surface area contributed by atoms with E-state index in [2.05, 4.69) is 30.9 Å². The first-order valence-electron chi connectivity index (χ1n) is 6.72. The second-order valence-corrected chi connectivity index (χ2v) is 6.43. The van der Waals surface area contributed by atoms with E-state index in [0.717, 1.165) is 18.8 Å². The third-order valence-corrected chi connectivity index (χ3v) is 4.06. The monoisotopic (exact) mass is 250 g/mol. The molecule has 100 valence electrons. The molecular formula is C14H22N2O2. The van der Waals surface area contributed by atoms with Gasteiger partial charge in [0.2, 0.25) is 5.78 Å². The van der Waals surface area contributed by atoms with Gasteiger partial charge in [0.1, 0.15) is 0 Å². The molecule has 1 fully saturated rings. The minimum atomic E-state index is -0.155. The Morgan fingerprint density at radius 3 is 2.28 bits per heavy atom. The van der Waals surface area contributed by atoms with Crippen LogP contribution in [0.5, 0.6) is 0 Å². The van der Waals surface area contributed by atoms with Gasteiger partial charge in [0, 0.05) is 12.8 Å². The normalized spacial score (nSPS) is 25.1. The van der Waals surface area contributed by atoms with Gasteiger partial charge in [0.05, 0.1) is 0 Å². The van der Waals surface area contributed by atoms with Gasteiger partial charge in [-0.1, -0.05) is 25.9 Å². The molecular weight excluding hydrogens is 228 g/mol. The Morgan fingerprint density at radius 1 is 1.22 bits per heavy atom. The Balaban J connectivity index is 1.99. The molecule has 0 atom stereocenters. The van der Waals surface area contributed by atoms with Gasteiger partial charge >= 0.3 is 0 Å². The molecule has 1 aromatic heterocycles. The largest absolute Gasteiger partial charge is 0.331 e. The number of rotatable bonds is 2. The minimum absolute atomic E-state index is 0.142. The van der Waals surface area contributed by atoms with Crippen molar-refractivity contribution < 1.29 is 9.32 Å². The third-order valence-electron chi connectivity index (χ3n) is 4.06. The van der Waals surface area contributed by atoms with Crippen LogP contribution in [0.15, 0.2) is 4.52 Å². The second-order valence-electron chi connectivity index (χ2n) is 6.43. The summed E-state index contributed by atoms with van der Waals surface area (Å²) < 4.78 is 4.96. The molecule has 0 aromatic carbocycles. The number of hydrogen-bond donors (Lipinski definition) is 0. The Kier molecular flexibility index (Phi) is 3.55. The summed E-state index contributed by atoms with van der Waals surface area (Å²) >= 11 is 0. The van der Waals surface area contributed by atoms with Crippen molar-refractivity contribution in [1.29, 1.82) is 0 Å². The maximum absolute atomic E-state index is 11.1. The van der Waals surface area contributed by atoms with Gasteiger partial charge in [-0.2, -0.15) is 4.98 Å². The molecule has 18 heavy (non-hydrogen) atoms. The molecule has 0 N–H and O–H groups in total. The highest BCUT2D eigenvalue weighted by molar-refractivity contribution is 5.89. The van der Waals surface area contributed by atoms with Gasteiger partial charge in [0.15, 0.2) is 5.82 Å². The lowest BCUT2D eigenvalue weighted by molar-refractivity contribution is 0.0972. The summed E-state index contributed by atoms with van der Waals surface area (Å²) in [6, 6.07) is 0. The summed E-state index contributed by atoms with van der Waals surface area (Å²) in [7, 11) is 0. The van der Waals surface area contributed by atoms with Crippen LogP contribution < -0.4 is 0 Å². The van der Waals surface area contributed by atoms with E-state index in [4.69, 9.17) is 4.52 Å². The molecule has 1 aliphatic carbocycles. The number of carbonyl (C=O) groups is 1. The van der Waals surface area contributed by atoms with Crippen LogP contribution >= 0.6 is 0 Å². The van der Waals surface area contributed by atoms with E-state index in [1.807, 2.05) is 0 Å². The van der Waals surface area contributed by atoms with Crippen LogP contribution in [0.4, 0.5) is 0 Å². The number of hydrogen-bond acceptors (Lipinski definition) is 4. The zero-order valence-corrected chi connectivity index (χ0v) is 11.7. The molecule has 1 aliphatic rings. The Morgan fingerprint density at radius 2 is 1.83 bits per heavy atom. The van der Waals surface area contributed by atoms with Gasteiger partial charge < -0.3 is 4.52 Å². The fourth-order valence-corrected chi connectivity index (χ4v) is 2.76. The number of Topliss-reactive ketones (excluding diaryl/α,β-unsaturated/α-hetero) is 1. The first kappa shape index (κ1) is 13.2. The smallest absolute Gasteiger partial charge is 0.293 e. The van der Waals surface area contributed by atoms with Crippen molar-refractivity contribution in [2.75, 3.05) is 0 Å². The molecule has 0 aliphatic heterocycles. The molecule has 0 bridgehead atoms. The summed E-state index contributed by atoms with van der Waals surface area (Å²) in [6.45, 7) is 8.37. The van der Waals surface area contributed by atoms with Crippen molar-refractivity contribution in [3.8, 4) is 0 Å². The summed E-state index contributed by atoms with van der Waals surface area (Å²) in [5.74, 6) is 1.83. The second kappa shape index (κ2) is 4.82. The van der Waals surface area contributed by atoms with E-state index < -0.39 is 0 Å². The molecule has 0 unspecified atom stereocenters. The number of carbonyl (C=O) groups excluding carboxylic acids is 1. The van der Waals surface area contributed by atoms with E-state index in [-0.39, 0.29) is 11.7 Å². The Hall–Kier alpha value is -1.19. The highest BCUT2D eigenvalue weighted by Crippen LogP contribution is 2.42. The predicted octanol–water partition coefficient (Wildman–Crippen LogP) is 3.59. The van der Waals surface area contributed by atoms with Crippen molar-refractivity contribution in [2.45, 2.75) is 59.3 Å². The van der Waals surface area contributed by atoms with Crippen LogP contribution in [0.3, 0.4) is 0 Å². The van der Waals surface area contributed by atoms with E-state index in [0.29, 0.717) is 17.2 Å². The summed E-state index contributed by atoms with van der Waals surface area (Å²) in [5, 5.41) is 3.94. The highest BCUT2D eigenvalue weighted by atomic mass is 16.5. The molecule has 1 heterocycles. The third kappa shape index (κ3) is 2.79. The standard InChI is InChI=1S/C14H22N2O2/c1-9(17)13-15-12(16-18-13)10-5-7-11(8-6-10)14(2,3)4/h10-11H,5-8H2,1-4H3. The van der Waals surface area contributed by atoms with Gasteiger partial charge in [-0.3, -0.25) is 4.79 Å². The Labute approximate surface area is 108 Å². The number of ketones is 1. The molecule has 4 heteroatoms. The van der Waals surface area contributed by atoms with Crippen LogP contribution in [-0.2, 0) is 0 Å². The maximum Gasteiger partial charge on any atom is 0.293 e. The molecule has 0 saturated heterocycles. The van der Waals surface area contributed by atoms with E-state index in [1.165, 1.54) is 19.8 Å². The zero-order valence-electron chi connectivity index (χ0n) is 11.7. The minimum Gasteiger partial charge on any atom is -0.331 e. The van der Waals surface area contributed by atoms with Crippen LogP contribution in [0.25, 0.3) is 0 Å². The highest BCUT2D eigenvalue weighted by Gasteiger charge is 2.32. The quantitative estimate of drug-likeness (QED) is 0.753. The first-order valence-corrected chi connectivity index (χ1v) is 6.72. The summed E-state index contributed by atoms with van der Waals surface area (Å²) in [4.78, 5) is 15.3. The lowest BCUT2D eigenvalue weighted by Crippen LogP contribution is -2.25. The van der Waals surface area contributed by atoms with Crippen LogP contribution in [0.2, 0.25) is 0 Å². The predicted molar refractivity (Wildman–Crippen MR) is 68.5 cm³/mol. The summed E-state index contributed by atoms with van der Waals surface area (Å²) in [6.07, 6.45) is 4.61. The topological polar surface area (TPSA) is 56.0 Å². The molecule has 0 amide bonds.